The number of amides is 1. The SMILES string of the molecule is Cc1ccc(/C=C2\SC(=S)N([C@H](Cc3ccccc3)C(=O)[O-])C2=O)cc1. The van der Waals surface area contributed by atoms with Crippen LogP contribution in [0.5, 0.6) is 0 Å². The van der Waals surface area contributed by atoms with E-state index < -0.39 is 17.9 Å². The summed E-state index contributed by atoms with van der Waals surface area (Å²) in [6.07, 6.45) is 1.88. The Morgan fingerprint density at radius 2 is 1.85 bits per heavy atom. The van der Waals surface area contributed by atoms with Crippen molar-refractivity contribution in [3.8, 4) is 0 Å². The molecule has 1 amide bonds. The number of hydrogen-bond acceptors (Lipinski definition) is 5. The van der Waals surface area contributed by atoms with E-state index in [0.717, 1.165) is 33.4 Å². The second kappa shape index (κ2) is 7.85. The van der Waals surface area contributed by atoms with Crippen LogP contribution in [0.2, 0.25) is 0 Å². The molecular formula is C20H16NO3S2-. The van der Waals surface area contributed by atoms with Gasteiger partial charge in [0.05, 0.1) is 16.9 Å². The minimum Gasteiger partial charge on any atom is -0.548 e. The molecule has 3 rings (SSSR count). The third-order valence-corrected chi connectivity index (χ3v) is 5.38. The number of carbonyl (C=O) groups is 2. The number of benzene rings is 2. The largest absolute Gasteiger partial charge is 0.548 e. The number of thiocarbonyl (C=S) groups is 1. The molecule has 0 N–H and O–H groups in total. The maximum absolute atomic E-state index is 12.8. The summed E-state index contributed by atoms with van der Waals surface area (Å²) in [6, 6.07) is 15.7. The molecule has 6 heteroatoms. The zero-order valence-electron chi connectivity index (χ0n) is 14.0. The van der Waals surface area contributed by atoms with Crippen LogP contribution < -0.4 is 5.11 Å². The Morgan fingerprint density at radius 3 is 2.46 bits per heavy atom. The van der Waals surface area contributed by atoms with Gasteiger partial charge in [0, 0.05) is 0 Å². The predicted octanol–water partition coefficient (Wildman–Crippen LogP) is 2.56. The lowest BCUT2D eigenvalue weighted by atomic mass is 10.0. The molecule has 132 valence electrons. The van der Waals surface area contributed by atoms with Crippen LogP contribution in [0.4, 0.5) is 0 Å². The molecule has 1 fully saturated rings. The van der Waals surface area contributed by atoms with Gasteiger partial charge in [-0.15, -0.1) is 0 Å². The van der Waals surface area contributed by atoms with Crippen LogP contribution in [0, 0.1) is 6.92 Å². The molecule has 1 atom stereocenters. The van der Waals surface area contributed by atoms with Crippen molar-refractivity contribution in [1.82, 2.24) is 4.90 Å². The van der Waals surface area contributed by atoms with Crippen LogP contribution in [0.25, 0.3) is 6.08 Å². The fourth-order valence-electron chi connectivity index (χ4n) is 2.68. The van der Waals surface area contributed by atoms with E-state index in [2.05, 4.69) is 0 Å². The lowest BCUT2D eigenvalue weighted by molar-refractivity contribution is -0.310. The van der Waals surface area contributed by atoms with Gasteiger partial charge in [-0.25, -0.2) is 0 Å². The molecule has 0 spiro atoms. The number of hydrogen-bond donors (Lipinski definition) is 0. The molecule has 1 aliphatic rings. The molecule has 0 bridgehead atoms. The zero-order valence-corrected chi connectivity index (χ0v) is 15.7. The maximum Gasteiger partial charge on any atom is 0.266 e. The summed E-state index contributed by atoms with van der Waals surface area (Å²) < 4.78 is 0.235. The van der Waals surface area contributed by atoms with Crippen LogP contribution in [0.1, 0.15) is 16.7 Å². The first-order valence-electron chi connectivity index (χ1n) is 8.04. The molecule has 1 heterocycles. The first-order chi connectivity index (χ1) is 12.5. The first kappa shape index (κ1) is 18.4. The van der Waals surface area contributed by atoms with Crippen molar-refractivity contribution in [3.63, 3.8) is 0 Å². The van der Waals surface area contributed by atoms with E-state index >= 15 is 0 Å². The van der Waals surface area contributed by atoms with Crippen LogP contribution in [-0.4, -0.2) is 27.1 Å². The van der Waals surface area contributed by atoms with Gasteiger partial charge >= 0.3 is 0 Å². The minimum atomic E-state index is -1.32. The molecular weight excluding hydrogens is 366 g/mol. The molecule has 0 radical (unpaired) electrons. The van der Waals surface area contributed by atoms with E-state index in [1.165, 1.54) is 0 Å². The molecule has 0 unspecified atom stereocenters. The second-order valence-corrected chi connectivity index (χ2v) is 7.66. The van der Waals surface area contributed by atoms with Crippen LogP contribution in [0.15, 0.2) is 59.5 Å². The summed E-state index contributed by atoms with van der Waals surface area (Å²) in [5, 5.41) is 11.7. The average molecular weight is 382 g/mol. The topological polar surface area (TPSA) is 60.4 Å². The Hall–Kier alpha value is -2.44. The third kappa shape index (κ3) is 4.03. The van der Waals surface area contributed by atoms with Crippen LogP contribution in [0.3, 0.4) is 0 Å². The van der Waals surface area contributed by atoms with Crippen molar-refractivity contribution in [2.45, 2.75) is 19.4 Å². The van der Waals surface area contributed by atoms with E-state index in [1.54, 1.807) is 6.08 Å². The van der Waals surface area contributed by atoms with Gasteiger partial charge in [-0.1, -0.05) is 84.1 Å². The molecule has 1 saturated heterocycles. The van der Waals surface area contributed by atoms with Gasteiger partial charge in [0.1, 0.15) is 4.32 Å². The Bertz CT molecular complexity index is 876. The highest BCUT2D eigenvalue weighted by Crippen LogP contribution is 2.34. The summed E-state index contributed by atoms with van der Waals surface area (Å²) in [6.45, 7) is 1.98. The zero-order chi connectivity index (χ0) is 18.7. The summed E-state index contributed by atoms with van der Waals surface area (Å²) >= 11 is 6.39. The summed E-state index contributed by atoms with van der Waals surface area (Å²) in [4.78, 5) is 26.0. The molecule has 26 heavy (non-hydrogen) atoms. The van der Waals surface area contributed by atoms with Gasteiger partial charge in [0.2, 0.25) is 0 Å². The molecule has 2 aromatic carbocycles. The van der Waals surface area contributed by atoms with Crippen molar-refractivity contribution in [2.24, 2.45) is 0 Å². The van der Waals surface area contributed by atoms with Gasteiger partial charge < -0.3 is 9.90 Å². The number of carbonyl (C=O) groups excluding carboxylic acids is 2. The van der Waals surface area contributed by atoms with E-state index in [1.807, 2.05) is 61.5 Å². The quantitative estimate of drug-likeness (QED) is 0.588. The average Bonchev–Trinajstić information content (AvgIpc) is 2.89. The van der Waals surface area contributed by atoms with Crippen LogP contribution in [-0.2, 0) is 16.0 Å². The number of carboxylic acids is 1. The van der Waals surface area contributed by atoms with Gasteiger partial charge in [-0.3, -0.25) is 9.69 Å². The van der Waals surface area contributed by atoms with Crippen molar-refractivity contribution >= 4 is 46.3 Å². The highest BCUT2D eigenvalue weighted by atomic mass is 32.2. The molecule has 0 aromatic heterocycles. The minimum absolute atomic E-state index is 0.146. The lowest BCUT2D eigenvalue weighted by Gasteiger charge is -2.27. The standard InChI is InChI=1S/C20H17NO3S2/c1-13-7-9-15(10-8-13)12-17-18(22)21(20(25)26-17)16(19(23)24)11-14-5-3-2-4-6-14/h2-10,12,16H,11H2,1H3,(H,23,24)/p-1/b17-12-/t16-/m1/s1. The van der Waals surface area contributed by atoms with E-state index in [-0.39, 0.29) is 10.7 Å². The summed E-state index contributed by atoms with van der Waals surface area (Å²) in [5.41, 5.74) is 2.79. The van der Waals surface area contributed by atoms with Crippen molar-refractivity contribution in [1.29, 1.82) is 0 Å². The van der Waals surface area contributed by atoms with E-state index in [9.17, 15) is 14.7 Å². The van der Waals surface area contributed by atoms with E-state index in [0.29, 0.717) is 4.91 Å². The van der Waals surface area contributed by atoms with E-state index in [4.69, 9.17) is 12.2 Å². The Morgan fingerprint density at radius 1 is 1.19 bits per heavy atom. The normalized spacial score (nSPS) is 17.0. The Kier molecular flexibility index (Phi) is 5.54. The van der Waals surface area contributed by atoms with Crippen molar-refractivity contribution < 1.29 is 14.7 Å². The Balaban J connectivity index is 1.86. The highest BCUT2D eigenvalue weighted by Gasteiger charge is 2.37. The van der Waals surface area contributed by atoms with Gasteiger partial charge in [-0.2, -0.15) is 0 Å². The third-order valence-electron chi connectivity index (χ3n) is 4.05. The molecule has 0 saturated carbocycles. The second-order valence-electron chi connectivity index (χ2n) is 5.99. The van der Waals surface area contributed by atoms with Gasteiger partial charge in [0.25, 0.3) is 5.91 Å². The highest BCUT2D eigenvalue weighted by molar-refractivity contribution is 8.26. The number of thioether (sulfide) groups is 1. The Labute approximate surface area is 161 Å². The molecule has 1 aliphatic heterocycles. The summed E-state index contributed by atoms with van der Waals surface area (Å²) in [7, 11) is 0. The van der Waals surface area contributed by atoms with Crippen molar-refractivity contribution in [3.05, 3.63) is 76.2 Å². The number of aryl methyl sites for hydroxylation is 1. The molecule has 4 nitrogen and oxygen atoms in total. The fourth-order valence-corrected chi connectivity index (χ4v) is 4.04. The first-order valence-corrected chi connectivity index (χ1v) is 9.26. The molecule has 0 aliphatic carbocycles. The number of nitrogens with zero attached hydrogens (tertiary/aromatic N) is 1. The van der Waals surface area contributed by atoms with Crippen LogP contribution >= 0.6 is 24.0 Å². The number of rotatable bonds is 5. The monoisotopic (exact) mass is 382 g/mol. The van der Waals surface area contributed by atoms with Gasteiger partial charge in [-0.05, 0) is 30.5 Å². The number of aliphatic carboxylic acids is 1. The molecule has 2 aromatic rings. The number of carboxylic acid groups (broad SMARTS) is 1. The summed E-state index contributed by atoms with van der Waals surface area (Å²) in [5.74, 6) is -1.72. The predicted molar refractivity (Wildman–Crippen MR) is 105 cm³/mol. The lowest BCUT2D eigenvalue weighted by Crippen LogP contribution is -2.51. The maximum atomic E-state index is 12.8. The fraction of sp³-hybridized carbons (Fsp3) is 0.150. The van der Waals surface area contributed by atoms with Gasteiger partial charge in [0.15, 0.2) is 0 Å². The smallest absolute Gasteiger partial charge is 0.266 e. The van der Waals surface area contributed by atoms with Crippen molar-refractivity contribution in [2.75, 3.05) is 0 Å².